The highest BCUT2D eigenvalue weighted by molar-refractivity contribution is 5.48. The van der Waals surface area contributed by atoms with Gasteiger partial charge in [0.2, 0.25) is 0 Å². The zero-order valence-corrected chi connectivity index (χ0v) is 10.5. The molecular weight excluding hydrogens is 232 g/mol. The van der Waals surface area contributed by atoms with Crippen LogP contribution >= 0.6 is 0 Å². The molecule has 1 N–H and O–H groups in total. The minimum Gasteiger partial charge on any atom is -0.486 e. The van der Waals surface area contributed by atoms with Crippen molar-refractivity contribution in [3.63, 3.8) is 0 Å². The van der Waals surface area contributed by atoms with Crippen LogP contribution in [0.5, 0.6) is 5.75 Å². The first kappa shape index (κ1) is 12.8. The Morgan fingerprint density at radius 2 is 2.39 bits per heavy atom. The maximum absolute atomic E-state index is 10.9. The number of nitrogens with one attached hydrogen (secondary N) is 1. The van der Waals surface area contributed by atoms with E-state index in [0.29, 0.717) is 18.3 Å². The number of hydrogen-bond donors (Lipinski definition) is 1. The van der Waals surface area contributed by atoms with Gasteiger partial charge in [0.15, 0.2) is 5.75 Å². The van der Waals surface area contributed by atoms with Crippen molar-refractivity contribution >= 4 is 5.69 Å². The fourth-order valence-electron chi connectivity index (χ4n) is 2.17. The van der Waals surface area contributed by atoms with Gasteiger partial charge in [-0.2, -0.15) is 0 Å². The topological polar surface area (TPSA) is 64.4 Å². The van der Waals surface area contributed by atoms with Gasteiger partial charge in [-0.05, 0) is 37.9 Å². The molecule has 0 radical (unpaired) electrons. The summed E-state index contributed by atoms with van der Waals surface area (Å²) in [6.45, 7) is 4.36. The van der Waals surface area contributed by atoms with Crippen LogP contribution < -0.4 is 10.1 Å². The SMILES string of the molecule is Cc1ccc(OC[C@H]2CCCNC2)c([N+](=O)[O-])c1. The van der Waals surface area contributed by atoms with Gasteiger partial charge in [-0.3, -0.25) is 10.1 Å². The number of nitrogens with zero attached hydrogens (tertiary/aromatic N) is 1. The second-order valence-electron chi connectivity index (χ2n) is 4.75. The van der Waals surface area contributed by atoms with Crippen LogP contribution in [-0.4, -0.2) is 24.6 Å². The molecular formula is C13H18N2O3. The first-order valence-electron chi connectivity index (χ1n) is 6.25. The predicted molar refractivity (Wildman–Crippen MR) is 68.9 cm³/mol. The number of piperidine rings is 1. The maximum Gasteiger partial charge on any atom is 0.311 e. The van der Waals surface area contributed by atoms with Crippen LogP contribution in [0.4, 0.5) is 5.69 Å². The molecule has 1 fully saturated rings. The lowest BCUT2D eigenvalue weighted by molar-refractivity contribution is -0.386. The van der Waals surface area contributed by atoms with E-state index >= 15 is 0 Å². The molecule has 18 heavy (non-hydrogen) atoms. The van der Waals surface area contributed by atoms with E-state index in [1.165, 1.54) is 0 Å². The van der Waals surface area contributed by atoms with E-state index in [-0.39, 0.29) is 10.6 Å². The summed E-state index contributed by atoms with van der Waals surface area (Å²) in [5.74, 6) is 0.816. The van der Waals surface area contributed by atoms with Gasteiger partial charge < -0.3 is 10.1 Å². The van der Waals surface area contributed by atoms with Crippen molar-refractivity contribution in [2.24, 2.45) is 5.92 Å². The number of nitro groups is 1. The summed E-state index contributed by atoms with van der Waals surface area (Å²) in [6, 6.07) is 5.07. The molecule has 98 valence electrons. The van der Waals surface area contributed by atoms with Crippen LogP contribution in [0.2, 0.25) is 0 Å². The molecule has 0 saturated carbocycles. The Labute approximate surface area is 106 Å². The van der Waals surface area contributed by atoms with Crippen molar-refractivity contribution in [3.8, 4) is 5.75 Å². The molecule has 0 bridgehead atoms. The molecule has 1 aliphatic rings. The Morgan fingerprint density at radius 3 is 3.06 bits per heavy atom. The van der Waals surface area contributed by atoms with Gasteiger partial charge in [0.25, 0.3) is 0 Å². The third kappa shape index (κ3) is 3.20. The molecule has 1 saturated heterocycles. The van der Waals surface area contributed by atoms with Gasteiger partial charge in [-0.1, -0.05) is 6.07 Å². The molecule has 1 heterocycles. The van der Waals surface area contributed by atoms with Gasteiger partial charge in [0.1, 0.15) is 0 Å². The van der Waals surface area contributed by atoms with Gasteiger partial charge in [-0.25, -0.2) is 0 Å². The fraction of sp³-hybridized carbons (Fsp3) is 0.538. The summed E-state index contributed by atoms with van der Waals surface area (Å²) in [5, 5.41) is 14.2. The van der Waals surface area contributed by atoms with Crippen molar-refractivity contribution in [1.29, 1.82) is 0 Å². The van der Waals surface area contributed by atoms with Gasteiger partial charge in [0.05, 0.1) is 11.5 Å². The van der Waals surface area contributed by atoms with Crippen LogP contribution in [0.1, 0.15) is 18.4 Å². The molecule has 2 rings (SSSR count). The third-order valence-electron chi connectivity index (χ3n) is 3.18. The van der Waals surface area contributed by atoms with E-state index in [2.05, 4.69) is 5.32 Å². The smallest absolute Gasteiger partial charge is 0.311 e. The lowest BCUT2D eigenvalue weighted by Crippen LogP contribution is -2.33. The number of rotatable bonds is 4. The van der Waals surface area contributed by atoms with Gasteiger partial charge in [0, 0.05) is 18.5 Å². The van der Waals surface area contributed by atoms with Crippen molar-refractivity contribution < 1.29 is 9.66 Å². The zero-order chi connectivity index (χ0) is 13.0. The summed E-state index contributed by atoms with van der Waals surface area (Å²) < 4.78 is 5.61. The second-order valence-corrected chi connectivity index (χ2v) is 4.75. The summed E-state index contributed by atoms with van der Waals surface area (Å²) in [4.78, 5) is 10.6. The number of hydrogen-bond acceptors (Lipinski definition) is 4. The Kier molecular flexibility index (Phi) is 4.15. The third-order valence-corrected chi connectivity index (χ3v) is 3.18. The van der Waals surface area contributed by atoms with Crippen LogP contribution in [0.25, 0.3) is 0 Å². The van der Waals surface area contributed by atoms with E-state index in [1.807, 2.05) is 13.0 Å². The molecule has 1 aliphatic heterocycles. The molecule has 0 aliphatic carbocycles. The number of ether oxygens (including phenoxy) is 1. The first-order valence-corrected chi connectivity index (χ1v) is 6.25. The number of aryl methyl sites for hydroxylation is 1. The van der Waals surface area contributed by atoms with Crippen molar-refractivity contribution in [2.45, 2.75) is 19.8 Å². The molecule has 0 amide bonds. The van der Waals surface area contributed by atoms with Crippen LogP contribution in [0.15, 0.2) is 18.2 Å². The molecule has 0 aromatic heterocycles. The molecule has 0 unspecified atom stereocenters. The standard InChI is InChI=1S/C13H18N2O3/c1-10-4-5-13(12(7-10)15(16)17)18-9-11-3-2-6-14-8-11/h4-5,7,11,14H,2-3,6,8-9H2,1H3/t11-/m0/s1. The Morgan fingerprint density at radius 1 is 1.56 bits per heavy atom. The minimum absolute atomic E-state index is 0.0544. The maximum atomic E-state index is 10.9. The second kappa shape index (κ2) is 5.82. The Hall–Kier alpha value is -1.62. The molecule has 0 spiro atoms. The Bertz CT molecular complexity index is 428. The normalized spacial score (nSPS) is 19.5. The lowest BCUT2D eigenvalue weighted by Gasteiger charge is -2.22. The molecule has 1 aromatic rings. The van der Waals surface area contributed by atoms with E-state index in [9.17, 15) is 10.1 Å². The van der Waals surface area contributed by atoms with Crippen LogP contribution in [0.3, 0.4) is 0 Å². The summed E-state index contributed by atoms with van der Waals surface area (Å²) in [5.41, 5.74) is 0.923. The molecule has 1 aromatic carbocycles. The van der Waals surface area contributed by atoms with E-state index in [1.54, 1.807) is 12.1 Å². The number of nitro benzene ring substituents is 1. The highest BCUT2D eigenvalue weighted by Crippen LogP contribution is 2.28. The minimum atomic E-state index is -0.387. The predicted octanol–water partition coefficient (Wildman–Crippen LogP) is 2.28. The highest BCUT2D eigenvalue weighted by atomic mass is 16.6. The van der Waals surface area contributed by atoms with E-state index < -0.39 is 0 Å². The Balaban J connectivity index is 2.01. The molecule has 5 nitrogen and oxygen atoms in total. The van der Waals surface area contributed by atoms with Gasteiger partial charge >= 0.3 is 5.69 Å². The monoisotopic (exact) mass is 250 g/mol. The number of benzene rings is 1. The summed E-state index contributed by atoms with van der Waals surface area (Å²) >= 11 is 0. The quantitative estimate of drug-likeness (QED) is 0.657. The van der Waals surface area contributed by atoms with E-state index in [4.69, 9.17) is 4.74 Å². The molecule has 1 atom stereocenters. The van der Waals surface area contributed by atoms with E-state index in [0.717, 1.165) is 31.5 Å². The van der Waals surface area contributed by atoms with Crippen molar-refractivity contribution in [3.05, 3.63) is 33.9 Å². The summed E-state index contributed by atoms with van der Waals surface area (Å²) in [7, 11) is 0. The highest BCUT2D eigenvalue weighted by Gasteiger charge is 2.18. The average molecular weight is 250 g/mol. The van der Waals surface area contributed by atoms with Crippen molar-refractivity contribution in [1.82, 2.24) is 5.32 Å². The largest absolute Gasteiger partial charge is 0.486 e. The first-order chi connectivity index (χ1) is 8.66. The van der Waals surface area contributed by atoms with Crippen molar-refractivity contribution in [2.75, 3.05) is 19.7 Å². The lowest BCUT2D eigenvalue weighted by atomic mass is 10.0. The average Bonchev–Trinajstić information content (AvgIpc) is 2.38. The summed E-state index contributed by atoms with van der Waals surface area (Å²) in [6.07, 6.45) is 2.26. The van der Waals surface area contributed by atoms with Crippen LogP contribution in [-0.2, 0) is 0 Å². The zero-order valence-electron chi connectivity index (χ0n) is 10.5. The fourth-order valence-corrected chi connectivity index (χ4v) is 2.17. The molecule has 5 heteroatoms. The van der Waals surface area contributed by atoms with Crippen LogP contribution in [0, 0.1) is 23.0 Å². The van der Waals surface area contributed by atoms with Gasteiger partial charge in [-0.15, -0.1) is 0 Å².